The Balaban J connectivity index is 1.65. The Labute approximate surface area is 156 Å². The Morgan fingerprint density at radius 1 is 1.33 bits per heavy atom. The van der Waals surface area contributed by atoms with E-state index < -0.39 is 5.91 Å². The van der Waals surface area contributed by atoms with Gasteiger partial charge in [-0.3, -0.25) is 14.8 Å². The Hall–Kier alpha value is -2.55. The van der Waals surface area contributed by atoms with E-state index in [2.05, 4.69) is 20.3 Å². The molecule has 27 heavy (non-hydrogen) atoms. The molecule has 9 nitrogen and oxygen atoms in total. The highest BCUT2D eigenvalue weighted by Gasteiger charge is 2.24. The lowest BCUT2D eigenvalue weighted by Crippen LogP contribution is -2.21. The van der Waals surface area contributed by atoms with Gasteiger partial charge in [0.2, 0.25) is 17.6 Å². The van der Waals surface area contributed by atoms with Crippen LogP contribution >= 0.6 is 0 Å². The zero-order valence-corrected chi connectivity index (χ0v) is 15.2. The van der Waals surface area contributed by atoms with E-state index in [-0.39, 0.29) is 23.7 Å². The Morgan fingerprint density at radius 2 is 2.15 bits per heavy atom. The molecule has 0 aliphatic heterocycles. The average molecular weight is 375 g/mol. The van der Waals surface area contributed by atoms with E-state index in [1.165, 1.54) is 44.2 Å². The second-order valence-corrected chi connectivity index (χ2v) is 7.13. The van der Waals surface area contributed by atoms with Gasteiger partial charge in [0.15, 0.2) is 0 Å². The predicted octanol–water partition coefficient (Wildman–Crippen LogP) is 2.55. The molecule has 2 aromatic heterocycles. The van der Waals surface area contributed by atoms with E-state index in [0.29, 0.717) is 11.6 Å². The van der Waals surface area contributed by atoms with Crippen LogP contribution in [0.5, 0.6) is 0 Å². The minimum absolute atomic E-state index is 0.0713. The van der Waals surface area contributed by atoms with Crippen LogP contribution in [0.3, 0.4) is 0 Å². The highest BCUT2D eigenvalue weighted by molar-refractivity contribution is 5.75. The lowest BCUT2D eigenvalue weighted by atomic mass is 9.84. The average Bonchev–Trinajstić information content (AvgIpc) is 3.18. The van der Waals surface area contributed by atoms with E-state index in [9.17, 15) is 9.59 Å². The van der Waals surface area contributed by atoms with E-state index in [0.717, 1.165) is 25.2 Å². The van der Waals surface area contributed by atoms with Crippen LogP contribution in [0, 0.1) is 5.92 Å². The van der Waals surface area contributed by atoms with Crippen LogP contribution in [0.25, 0.3) is 11.5 Å². The van der Waals surface area contributed by atoms with E-state index >= 15 is 0 Å². The molecule has 146 valence electrons. The molecule has 1 fully saturated rings. The second kappa shape index (κ2) is 9.40. The fourth-order valence-corrected chi connectivity index (χ4v) is 3.69. The molecule has 1 amide bonds. The molecule has 0 spiro atoms. The lowest BCUT2D eigenvalue weighted by Gasteiger charge is -2.22. The third-order valence-corrected chi connectivity index (χ3v) is 5.15. The molecule has 2 heterocycles. The van der Waals surface area contributed by atoms with Crippen LogP contribution in [-0.4, -0.2) is 31.5 Å². The fraction of sp³-hybridized carbons (Fsp3) is 0.611. The van der Waals surface area contributed by atoms with Crippen molar-refractivity contribution in [2.75, 3.05) is 0 Å². The third-order valence-electron chi connectivity index (χ3n) is 5.15. The number of aromatic nitrogens is 4. The van der Waals surface area contributed by atoms with Gasteiger partial charge in [-0.1, -0.05) is 50.1 Å². The number of nitrogens with one attached hydrogen (secondary N) is 2. The SMILES string of the molecule is O=C(CC(CCCC1CCCCC1)c1nc(-c2ccc(=O)[nH]n2)no1)NO. The maximum Gasteiger partial charge on any atom is 0.264 e. The lowest BCUT2D eigenvalue weighted by molar-refractivity contribution is -0.129. The third kappa shape index (κ3) is 5.46. The molecule has 2 aromatic rings. The molecule has 0 radical (unpaired) electrons. The number of amides is 1. The largest absolute Gasteiger partial charge is 0.339 e. The van der Waals surface area contributed by atoms with Crippen molar-refractivity contribution < 1.29 is 14.5 Å². The second-order valence-electron chi connectivity index (χ2n) is 7.13. The number of aromatic amines is 1. The number of hydroxylamine groups is 1. The summed E-state index contributed by atoms with van der Waals surface area (Å²) in [6, 6.07) is 2.84. The van der Waals surface area contributed by atoms with Gasteiger partial charge in [-0.05, 0) is 18.4 Å². The minimum Gasteiger partial charge on any atom is -0.339 e. The summed E-state index contributed by atoms with van der Waals surface area (Å²) < 4.78 is 5.34. The van der Waals surface area contributed by atoms with Crippen molar-refractivity contribution in [3.63, 3.8) is 0 Å². The molecule has 1 aliphatic carbocycles. The van der Waals surface area contributed by atoms with E-state index in [1.54, 1.807) is 5.48 Å². The molecule has 3 rings (SSSR count). The van der Waals surface area contributed by atoms with E-state index in [1.807, 2.05) is 0 Å². The molecule has 0 saturated heterocycles. The van der Waals surface area contributed by atoms with Crippen LogP contribution in [0.2, 0.25) is 0 Å². The zero-order chi connectivity index (χ0) is 19.1. The topological polar surface area (TPSA) is 134 Å². The maximum atomic E-state index is 11.7. The summed E-state index contributed by atoms with van der Waals surface area (Å²) in [4.78, 5) is 27.1. The van der Waals surface area contributed by atoms with Crippen molar-refractivity contribution in [2.45, 2.75) is 63.7 Å². The number of hydrogen-bond acceptors (Lipinski definition) is 7. The smallest absolute Gasteiger partial charge is 0.264 e. The molecule has 1 aliphatic rings. The number of H-pyrrole nitrogens is 1. The Kier molecular flexibility index (Phi) is 6.69. The molecule has 9 heteroatoms. The molecule has 1 saturated carbocycles. The molecule has 1 atom stereocenters. The van der Waals surface area contributed by atoms with Gasteiger partial charge in [-0.25, -0.2) is 10.6 Å². The summed E-state index contributed by atoms with van der Waals surface area (Å²) in [7, 11) is 0. The maximum absolute atomic E-state index is 11.7. The summed E-state index contributed by atoms with van der Waals surface area (Å²) in [5.74, 6) is 0.590. The Morgan fingerprint density at radius 3 is 2.85 bits per heavy atom. The molecule has 3 N–H and O–H groups in total. The van der Waals surface area contributed by atoms with Crippen molar-refractivity contribution in [2.24, 2.45) is 5.92 Å². The monoisotopic (exact) mass is 375 g/mol. The normalized spacial score (nSPS) is 16.2. The number of nitrogens with zero attached hydrogens (tertiary/aromatic N) is 3. The Bertz CT molecular complexity index is 777. The summed E-state index contributed by atoms with van der Waals surface area (Å²) in [5.41, 5.74) is 1.74. The van der Waals surface area contributed by atoms with Crippen LogP contribution < -0.4 is 11.0 Å². The summed E-state index contributed by atoms with van der Waals surface area (Å²) in [6.07, 6.45) is 9.39. The predicted molar refractivity (Wildman–Crippen MR) is 95.9 cm³/mol. The number of rotatable bonds is 8. The first-order chi connectivity index (χ1) is 13.2. The number of carbonyl (C=O) groups is 1. The van der Waals surface area contributed by atoms with Gasteiger partial charge >= 0.3 is 0 Å². The van der Waals surface area contributed by atoms with Crippen molar-refractivity contribution >= 4 is 5.91 Å². The van der Waals surface area contributed by atoms with Gasteiger partial charge < -0.3 is 4.52 Å². The van der Waals surface area contributed by atoms with Crippen LogP contribution in [0.1, 0.15) is 69.6 Å². The van der Waals surface area contributed by atoms with Crippen molar-refractivity contribution in [1.82, 2.24) is 25.8 Å². The summed E-state index contributed by atoms with van der Waals surface area (Å²) in [5, 5.41) is 19.0. The summed E-state index contributed by atoms with van der Waals surface area (Å²) >= 11 is 0. The van der Waals surface area contributed by atoms with E-state index in [4.69, 9.17) is 9.73 Å². The molecular weight excluding hydrogens is 350 g/mol. The van der Waals surface area contributed by atoms with Crippen molar-refractivity contribution in [3.8, 4) is 11.5 Å². The van der Waals surface area contributed by atoms with Gasteiger partial charge in [0.1, 0.15) is 5.69 Å². The highest BCUT2D eigenvalue weighted by atomic mass is 16.5. The van der Waals surface area contributed by atoms with Crippen molar-refractivity contribution in [3.05, 3.63) is 28.4 Å². The summed E-state index contributed by atoms with van der Waals surface area (Å²) in [6.45, 7) is 0. The number of hydrogen-bond donors (Lipinski definition) is 3. The quantitative estimate of drug-likeness (QED) is 0.477. The standard InChI is InChI=1S/C18H25N5O4/c24-15-10-9-14(20-21-15)17-19-18(27-23-17)13(11-16(25)22-26)8-4-7-12-5-2-1-3-6-12/h9-10,12-13,26H,1-8,11H2,(H,21,24)(H,22,25). The minimum atomic E-state index is -0.486. The van der Waals surface area contributed by atoms with Gasteiger partial charge in [0.05, 0.1) is 0 Å². The molecule has 0 bridgehead atoms. The van der Waals surface area contributed by atoms with Crippen LogP contribution in [0.4, 0.5) is 0 Å². The first-order valence-corrected chi connectivity index (χ1v) is 9.48. The molecular formula is C18H25N5O4. The van der Waals surface area contributed by atoms with Gasteiger partial charge in [-0.15, -0.1) is 0 Å². The zero-order valence-electron chi connectivity index (χ0n) is 15.2. The van der Waals surface area contributed by atoms with Gasteiger partial charge in [0.25, 0.3) is 5.56 Å². The van der Waals surface area contributed by atoms with Crippen LogP contribution in [0.15, 0.2) is 21.5 Å². The van der Waals surface area contributed by atoms with Gasteiger partial charge in [-0.2, -0.15) is 10.1 Å². The molecule has 0 aromatic carbocycles. The van der Waals surface area contributed by atoms with Gasteiger partial charge in [0, 0.05) is 18.4 Å². The first-order valence-electron chi connectivity index (χ1n) is 9.48. The van der Waals surface area contributed by atoms with Crippen molar-refractivity contribution in [1.29, 1.82) is 0 Å². The highest BCUT2D eigenvalue weighted by Crippen LogP contribution is 2.31. The van der Waals surface area contributed by atoms with Crippen LogP contribution in [-0.2, 0) is 4.79 Å². The number of carbonyl (C=O) groups excluding carboxylic acids is 1. The fourth-order valence-electron chi connectivity index (χ4n) is 3.69. The molecule has 1 unspecified atom stereocenters. The first kappa shape index (κ1) is 19.2.